The van der Waals surface area contributed by atoms with Gasteiger partial charge < -0.3 is 0 Å². The van der Waals surface area contributed by atoms with E-state index in [1.165, 1.54) is 6.42 Å². The summed E-state index contributed by atoms with van der Waals surface area (Å²) in [5.74, 6) is 0. The van der Waals surface area contributed by atoms with Crippen molar-refractivity contribution in [3.05, 3.63) is 82.2 Å². The zero-order chi connectivity index (χ0) is 20.2. The van der Waals surface area contributed by atoms with Crippen LogP contribution in [0.5, 0.6) is 0 Å². The fourth-order valence-electron chi connectivity index (χ4n) is 4.33. The minimum absolute atomic E-state index is 0.105. The molecule has 0 N–H and O–H groups in total. The molecule has 5 nitrogen and oxygen atoms in total. The number of piperidine rings is 1. The number of rotatable bonds is 6. The molecule has 0 amide bonds. The van der Waals surface area contributed by atoms with Crippen LogP contribution in [0.15, 0.2) is 65.8 Å². The highest BCUT2D eigenvalue weighted by molar-refractivity contribution is 5.26. The molecule has 1 aliphatic rings. The van der Waals surface area contributed by atoms with Crippen LogP contribution in [0.2, 0.25) is 0 Å². The molecule has 0 aliphatic carbocycles. The Balaban J connectivity index is 2.05. The Bertz CT molecular complexity index is 797. The topological polar surface area (TPSA) is 61.2 Å². The molecule has 2 aromatic rings. The SMILES string of the molecule is CC1(C)CCCC(C)(C)N1OC(c1ccccc1)C(N=[N+]=[N-])c1ccccc1. The van der Waals surface area contributed by atoms with E-state index in [9.17, 15) is 5.53 Å². The lowest BCUT2D eigenvalue weighted by molar-refractivity contribution is -0.310. The Morgan fingerprint density at radius 2 is 1.39 bits per heavy atom. The van der Waals surface area contributed by atoms with Gasteiger partial charge >= 0.3 is 0 Å². The smallest absolute Gasteiger partial charge is 0.117 e. The molecule has 0 saturated carbocycles. The molecule has 28 heavy (non-hydrogen) atoms. The average Bonchev–Trinajstić information content (AvgIpc) is 2.67. The Kier molecular flexibility index (Phi) is 6.09. The van der Waals surface area contributed by atoms with Gasteiger partial charge in [-0.2, -0.15) is 5.06 Å². The highest BCUT2D eigenvalue weighted by Gasteiger charge is 2.44. The molecule has 1 aliphatic heterocycles. The van der Waals surface area contributed by atoms with Crippen molar-refractivity contribution in [2.45, 2.75) is 70.2 Å². The summed E-state index contributed by atoms with van der Waals surface area (Å²) < 4.78 is 0. The molecule has 2 atom stereocenters. The predicted molar refractivity (Wildman–Crippen MR) is 112 cm³/mol. The Morgan fingerprint density at radius 1 is 0.893 bits per heavy atom. The second-order valence-corrected chi connectivity index (χ2v) is 8.77. The molecule has 0 spiro atoms. The third kappa shape index (κ3) is 4.39. The Hall–Kier alpha value is -2.33. The molecule has 2 unspecified atom stereocenters. The van der Waals surface area contributed by atoms with Gasteiger partial charge in [-0.25, -0.2) is 0 Å². The summed E-state index contributed by atoms with van der Waals surface area (Å²) in [4.78, 5) is 9.90. The highest BCUT2D eigenvalue weighted by atomic mass is 16.7. The lowest BCUT2D eigenvalue weighted by Crippen LogP contribution is -2.58. The molecule has 3 rings (SSSR count). The zero-order valence-electron chi connectivity index (χ0n) is 17.2. The van der Waals surface area contributed by atoms with Crippen molar-refractivity contribution in [2.24, 2.45) is 5.11 Å². The molecule has 0 radical (unpaired) electrons. The van der Waals surface area contributed by atoms with Crippen LogP contribution in [0.25, 0.3) is 10.4 Å². The summed E-state index contributed by atoms with van der Waals surface area (Å²) >= 11 is 0. The van der Waals surface area contributed by atoms with E-state index in [0.29, 0.717) is 0 Å². The average molecular weight is 379 g/mol. The molecule has 1 heterocycles. The minimum Gasteiger partial charge on any atom is -0.289 e. The highest BCUT2D eigenvalue weighted by Crippen LogP contribution is 2.44. The summed E-state index contributed by atoms with van der Waals surface area (Å²) in [5, 5.41) is 6.30. The van der Waals surface area contributed by atoms with Gasteiger partial charge in [0.1, 0.15) is 6.10 Å². The Labute approximate surface area is 167 Å². The molecule has 5 heteroatoms. The van der Waals surface area contributed by atoms with E-state index in [-0.39, 0.29) is 11.1 Å². The van der Waals surface area contributed by atoms with Crippen LogP contribution in [-0.2, 0) is 4.84 Å². The van der Waals surface area contributed by atoms with Gasteiger partial charge in [0.25, 0.3) is 0 Å². The van der Waals surface area contributed by atoms with Crippen molar-refractivity contribution in [1.82, 2.24) is 5.06 Å². The van der Waals surface area contributed by atoms with E-state index in [2.05, 4.69) is 42.8 Å². The maximum atomic E-state index is 9.29. The van der Waals surface area contributed by atoms with Gasteiger partial charge in [-0.05, 0) is 63.6 Å². The van der Waals surface area contributed by atoms with Crippen LogP contribution >= 0.6 is 0 Å². The number of hydroxylamine groups is 2. The monoisotopic (exact) mass is 378 g/mol. The number of nitrogens with zero attached hydrogens (tertiary/aromatic N) is 4. The summed E-state index contributed by atoms with van der Waals surface area (Å²) in [6.45, 7) is 8.89. The summed E-state index contributed by atoms with van der Waals surface area (Å²) in [7, 11) is 0. The molecule has 2 aromatic carbocycles. The van der Waals surface area contributed by atoms with Gasteiger partial charge in [0.2, 0.25) is 0 Å². The summed E-state index contributed by atoms with van der Waals surface area (Å²) in [6, 6.07) is 19.5. The van der Waals surface area contributed by atoms with Gasteiger partial charge in [0, 0.05) is 16.0 Å². The van der Waals surface area contributed by atoms with Crippen LogP contribution in [-0.4, -0.2) is 16.1 Å². The quantitative estimate of drug-likeness (QED) is 0.317. The van der Waals surface area contributed by atoms with Crippen molar-refractivity contribution in [1.29, 1.82) is 0 Å². The van der Waals surface area contributed by atoms with Gasteiger partial charge in [-0.1, -0.05) is 65.8 Å². The van der Waals surface area contributed by atoms with Crippen LogP contribution in [0.4, 0.5) is 0 Å². The van der Waals surface area contributed by atoms with Crippen LogP contribution < -0.4 is 0 Å². The van der Waals surface area contributed by atoms with Crippen LogP contribution in [0.3, 0.4) is 0 Å². The molecule has 1 saturated heterocycles. The number of hydrogen-bond acceptors (Lipinski definition) is 3. The summed E-state index contributed by atoms with van der Waals surface area (Å²) in [6.07, 6.45) is 2.90. The van der Waals surface area contributed by atoms with E-state index >= 15 is 0 Å². The molecular formula is C23H30N4O. The van der Waals surface area contributed by atoms with Crippen LogP contribution in [0.1, 0.15) is 70.2 Å². The van der Waals surface area contributed by atoms with Gasteiger partial charge in [0.15, 0.2) is 0 Å². The first-order chi connectivity index (χ1) is 13.3. The van der Waals surface area contributed by atoms with Crippen molar-refractivity contribution < 1.29 is 4.84 Å². The molecule has 1 fully saturated rings. The minimum atomic E-state index is -0.456. The number of hydrogen-bond donors (Lipinski definition) is 0. The first-order valence-electron chi connectivity index (χ1n) is 9.96. The van der Waals surface area contributed by atoms with E-state index in [1.807, 2.05) is 60.7 Å². The van der Waals surface area contributed by atoms with E-state index in [4.69, 9.17) is 4.84 Å². The first kappa shape index (κ1) is 20.4. The largest absolute Gasteiger partial charge is 0.289 e. The van der Waals surface area contributed by atoms with Crippen molar-refractivity contribution in [2.75, 3.05) is 0 Å². The summed E-state index contributed by atoms with van der Waals surface area (Å²) in [5.41, 5.74) is 11.0. The molecule has 0 bridgehead atoms. The lowest BCUT2D eigenvalue weighted by atomic mass is 9.82. The lowest BCUT2D eigenvalue weighted by Gasteiger charge is -2.52. The maximum Gasteiger partial charge on any atom is 0.117 e. The number of azide groups is 1. The van der Waals surface area contributed by atoms with Gasteiger partial charge in [-0.3, -0.25) is 4.84 Å². The van der Waals surface area contributed by atoms with E-state index in [1.54, 1.807) is 0 Å². The van der Waals surface area contributed by atoms with E-state index in [0.717, 1.165) is 24.0 Å². The van der Waals surface area contributed by atoms with Gasteiger partial charge in [0.05, 0.1) is 6.04 Å². The van der Waals surface area contributed by atoms with E-state index < -0.39 is 12.1 Å². The van der Waals surface area contributed by atoms with Crippen molar-refractivity contribution in [3.63, 3.8) is 0 Å². The fourth-order valence-corrected chi connectivity index (χ4v) is 4.33. The second kappa shape index (κ2) is 8.36. The Morgan fingerprint density at radius 3 is 1.89 bits per heavy atom. The second-order valence-electron chi connectivity index (χ2n) is 8.77. The first-order valence-corrected chi connectivity index (χ1v) is 9.96. The fraction of sp³-hybridized carbons (Fsp3) is 0.478. The van der Waals surface area contributed by atoms with Crippen molar-refractivity contribution in [3.8, 4) is 0 Å². The molecular weight excluding hydrogens is 348 g/mol. The standard InChI is InChI=1S/C23H30N4O/c1-22(2)16-11-17-23(3,4)27(22)28-21(19-14-9-6-10-15-19)20(25-26-24)18-12-7-5-8-13-18/h5-10,12-15,20-21H,11,16-17H2,1-4H3. The predicted octanol–water partition coefficient (Wildman–Crippen LogP) is 6.75. The molecule has 0 aromatic heterocycles. The van der Waals surface area contributed by atoms with Gasteiger partial charge in [-0.15, -0.1) is 0 Å². The zero-order valence-corrected chi connectivity index (χ0v) is 17.2. The van der Waals surface area contributed by atoms with Crippen LogP contribution in [0, 0.1) is 0 Å². The third-order valence-corrected chi connectivity index (χ3v) is 5.63. The number of benzene rings is 2. The normalized spacial score (nSPS) is 20.7. The maximum absolute atomic E-state index is 9.29. The third-order valence-electron chi connectivity index (χ3n) is 5.63. The van der Waals surface area contributed by atoms with Crippen molar-refractivity contribution >= 4 is 0 Å². The molecule has 148 valence electrons.